The number of sulfonamides is 1. The van der Waals surface area contributed by atoms with Crippen molar-refractivity contribution in [3.63, 3.8) is 0 Å². The van der Waals surface area contributed by atoms with Crippen LogP contribution in [0.3, 0.4) is 0 Å². The predicted octanol–water partition coefficient (Wildman–Crippen LogP) is 6.67. The van der Waals surface area contributed by atoms with Crippen molar-refractivity contribution in [2.24, 2.45) is 0 Å². The van der Waals surface area contributed by atoms with Gasteiger partial charge in [0.25, 0.3) is 10.0 Å². The van der Waals surface area contributed by atoms with Gasteiger partial charge in [-0.1, -0.05) is 96.9 Å². The summed E-state index contributed by atoms with van der Waals surface area (Å²) in [6, 6.07) is 28.4. The van der Waals surface area contributed by atoms with E-state index in [1.165, 1.54) is 4.31 Å². The molecule has 0 aliphatic heterocycles. The number of rotatable bonds is 13. The van der Waals surface area contributed by atoms with Crippen LogP contribution in [0.15, 0.2) is 102 Å². The van der Waals surface area contributed by atoms with Gasteiger partial charge in [0.15, 0.2) is 0 Å². The van der Waals surface area contributed by atoms with Gasteiger partial charge in [-0.2, -0.15) is 0 Å². The second kappa shape index (κ2) is 15.2. The minimum Gasteiger partial charge on any atom is -0.352 e. The maximum atomic E-state index is 14.7. The largest absolute Gasteiger partial charge is 0.352 e. The number of carbonyl (C=O) groups excluding carboxylic acids is 2. The molecule has 46 heavy (non-hydrogen) atoms. The Morgan fingerprint density at radius 3 is 2.04 bits per heavy atom. The zero-order chi connectivity index (χ0) is 33.4. The molecule has 1 N–H and O–H groups in total. The summed E-state index contributed by atoms with van der Waals surface area (Å²) in [5.41, 5.74) is 5.79. The molecule has 2 amide bonds. The van der Waals surface area contributed by atoms with E-state index in [-0.39, 0.29) is 29.8 Å². The summed E-state index contributed by atoms with van der Waals surface area (Å²) < 4.78 is 29.8. The maximum absolute atomic E-state index is 14.7. The van der Waals surface area contributed by atoms with Crippen LogP contribution >= 0.6 is 0 Å². The average Bonchev–Trinajstić information content (AvgIpc) is 3.03. The lowest BCUT2D eigenvalue weighted by atomic mass is 10.0. The summed E-state index contributed by atoms with van der Waals surface area (Å²) in [5.74, 6) is -0.751. The van der Waals surface area contributed by atoms with Gasteiger partial charge in [-0.25, -0.2) is 8.42 Å². The van der Waals surface area contributed by atoms with E-state index in [4.69, 9.17) is 0 Å². The van der Waals surface area contributed by atoms with Crippen molar-refractivity contribution >= 4 is 27.5 Å². The van der Waals surface area contributed by atoms with E-state index in [0.717, 1.165) is 39.8 Å². The molecule has 0 bridgehead atoms. The Labute approximate surface area is 274 Å². The van der Waals surface area contributed by atoms with Crippen molar-refractivity contribution in [3.05, 3.63) is 130 Å². The van der Waals surface area contributed by atoms with E-state index in [9.17, 15) is 18.0 Å². The number of amides is 2. The summed E-state index contributed by atoms with van der Waals surface area (Å²) in [5, 5.41) is 3.08. The van der Waals surface area contributed by atoms with E-state index in [0.29, 0.717) is 5.69 Å². The summed E-state index contributed by atoms with van der Waals surface area (Å²) in [4.78, 5) is 30.3. The van der Waals surface area contributed by atoms with Crippen molar-refractivity contribution in [3.8, 4) is 0 Å². The van der Waals surface area contributed by atoms with Crippen molar-refractivity contribution in [2.45, 2.75) is 77.9 Å². The van der Waals surface area contributed by atoms with Crippen LogP contribution in [0.2, 0.25) is 0 Å². The van der Waals surface area contributed by atoms with E-state index < -0.39 is 28.5 Å². The Balaban J connectivity index is 1.84. The lowest BCUT2D eigenvalue weighted by Crippen LogP contribution is -2.54. The fraction of sp³-hybridized carbons (Fsp3) is 0.316. The Kier molecular flexibility index (Phi) is 11.4. The van der Waals surface area contributed by atoms with Gasteiger partial charge in [0.1, 0.15) is 12.6 Å². The zero-order valence-electron chi connectivity index (χ0n) is 27.7. The van der Waals surface area contributed by atoms with Crippen LogP contribution in [0, 0.1) is 27.7 Å². The maximum Gasteiger partial charge on any atom is 0.264 e. The van der Waals surface area contributed by atoms with E-state index in [1.54, 1.807) is 35.2 Å². The summed E-state index contributed by atoms with van der Waals surface area (Å²) >= 11 is 0. The molecule has 2 unspecified atom stereocenters. The van der Waals surface area contributed by atoms with Crippen LogP contribution in [0.25, 0.3) is 0 Å². The van der Waals surface area contributed by atoms with Crippen LogP contribution in [-0.4, -0.2) is 43.8 Å². The van der Waals surface area contributed by atoms with Crippen molar-refractivity contribution < 1.29 is 18.0 Å². The molecule has 0 aromatic heterocycles. The van der Waals surface area contributed by atoms with E-state index in [2.05, 4.69) is 5.32 Å². The Hall–Kier alpha value is -4.43. The smallest absolute Gasteiger partial charge is 0.264 e. The molecule has 242 valence electrons. The third-order valence-electron chi connectivity index (χ3n) is 8.38. The third kappa shape index (κ3) is 8.43. The monoisotopic (exact) mass is 639 g/mol. The number of nitrogens with one attached hydrogen (secondary N) is 1. The summed E-state index contributed by atoms with van der Waals surface area (Å²) in [6.45, 7) is 11.2. The highest BCUT2D eigenvalue weighted by Gasteiger charge is 2.35. The minimum atomic E-state index is -4.16. The lowest BCUT2D eigenvalue weighted by Gasteiger charge is -2.35. The molecule has 4 rings (SSSR count). The number of hydrogen-bond acceptors (Lipinski definition) is 4. The summed E-state index contributed by atoms with van der Waals surface area (Å²) in [7, 11) is -4.16. The van der Waals surface area contributed by atoms with Crippen molar-refractivity contribution in [1.82, 2.24) is 10.2 Å². The molecule has 0 aliphatic carbocycles. The molecule has 2 atom stereocenters. The molecular weight excluding hydrogens is 595 g/mol. The molecule has 0 fully saturated rings. The van der Waals surface area contributed by atoms with Gasteiger partial charge in [0.05, 0.1) is 10.6 Å². The highest BCUT2D eigenvalue weighted by molar-refractivity contribution is 7.92. The molecule has 0 spiro atoms. The number of anilines is 1. The van der Waals surface area contributed by atoms with Gasteiger partial charge < -0.3 is 10.2 Å². The average molecular weight is 640 g/mol. The van der Waals surface area contributed by atoms with Crippen LogP contribution in [0.4, 0.5) is 5.69 Å². The molecule has 4 aromatic carbocycles. The number of nitrogens with zero attached hydrogens (tertiary/aromatic N) is 2. The minimum absolute atomic E-state index is 0.0895. The molecule has 8 heteroatoms. The van der Waals surface area contributed by atoms with Crippen molar-refractivity contribution in [1.29, 1.82) is 0 Å². The molecule has 4 aromatic rings. The normalized spacial score (nSPS) is 12.7. The van der Waals surface area contributed by atoms with Crippen LogP contribution in [0.5, 0.6) is 0 Å². The van der Waals surface area contributed by atoms with Gasteiger partial charge >= 0.3 is 0 Å². The number of hydrogen-bond donors (Lipinski definition) is 1. The SMILES string of the molecule is CCC(C)NC(=O)C(Cc1ccccc1)N(Cc1ccccc1C)C(=O)CN(c1ccc(C)cc1C)S(=O)(=O)c1ccc(C)cc1. The molecule has 0 aliphatic rings. The van der Waals surface area contributed by atoms with Gasteiger partial charge in [-0.3, -0.25) is 13.9 Å². The highest BCUT2D eigenvalue weighted by atomic mass is 32.2. The fourth-order valence-corrected chi connectivity index (χ4v) is 6.88. The second-order valence-electron chi connectivity index (χ2n) is 12.1. The van der Waals surface area contributed by atoms with Crippen LogP contribution < -0.4 is 9.62 Å². The predicted molar refractivity (Wildman–Crippen MR) is 185 cm³/mol. The molecule has 0 saturated carbocycles. The van der Waals surface area contributed by atoms with Gasteiger partial charge in [-0.15, -0.1) is 0 Å². The Morgan fingerprint density at radius 2 is 1.41 bits per heavy atom. The second-order valence-corrected chi connectivity index (χ2v) is 13.9. The van der Waals surface area contributed by atoms with E-state index >= 15 is 0 Å². The molecule has 0 saturated heterocycles. The van der Waals surface area contributed by atoms with Crippen molar-refractivity contribution in [2.75, 3.05) is 10.8 Å². The summed E-state index contributed by atoms with van der Waals surface area (Å²) in [6.07, 6.45) is 1.000. The molecule has 7 nitrogen and oxygen atoms in total. The van der Waals surface area contributed by atoms with Crippen LogP contribution in [0.1, 0.15) is 53.6 Å². The Morgan fingerprint density at radius 1 is 0.783 bits per heavy atom. The first-order valence-electron chi connectivity index (χ1n) is 15.8. The van der Waals surface area contributed by atoms with Crippen LogP contribution in [-0.2, 0) is 32.6 Å². The number of aryl methyl sites for hydroxylation is 4. The van der Waals surface area contributed by atoms with Gasteiger partial charge in [0, 0.05) is 19.0 Å². The third-order valence-corrected chi connectivity index (χ3v) is 10.2. The van der Waals surface area contributed by atoms with E-state index in [1.807, 2.05) is 108 Å². The number of benzene rings is 4. The standard InChI is InChI=1S/C38H45N3O4S/c1-7-31(6)39-38(43)36(24-32-14-9-8-10-15-32)40(25-33-16-12-11-13-29(33)4)37(42)26-41(35-22-19-28(3)23-30(35)5)46(44,45)34-20-17-27(2)18-21-34/h8-23,31,36H,7,24-26H2,1-6H3,(H,39,43). The Bertz CT molecular complexity index is 1750. The molecule has 0 radical (unpaired) electrons. The first-order chi connectivity index (χ1) is 21.9. The van der Waals surface area contributed by atoms with Gasteiger partial charge in [-0.05, 0) is 81.5 Å². The first-order valence-corrected chi connectivity index (χ1v) is 17.2. The topological polar surface area (TPSA) is 86.8 Å². The van der Waals surface area contributed by atoms with Gasteiger partial charge in [0.2, 0.25) is 11.8 Å². The fourth-order valence-electron chi connectivity index (χ4n) is 5.40. The first kappa shape index (κ1) is 34.4. The lowest BCUT2D eigenvalue weighted by molar-refractivity contribution is -0.140. The highest BCUT2D eigenvalue weighted by Crippen LogP contribution is 2.29. The quantitative estimate of drug-likeness (QED) is 0.177. The zero-order valence-corrected chi connectivity index (χ0v) is 28.5. The molecular formula is C38H45N3O4S. The number of carbonyl (C=O) groups is 2. The molecule has 0 heterocycles.